The Balaban J connectivity index is 1.86. The SMILES string of the molecule is C=CCn1c(C)cc(C(=O)COC(=O)COc2ccc([N+](=O)[O-])cc2)c1C. The monoisotopic (exact) mass is 372 g/mol. The summed E-state index contributed by atoms with van der Waals surface area (Å²) in [6.07, 6.45) is 1.74. The maximum atomic E-state index is 12.3. The van der Waals surface area contributed by atoms with Crippen molar-refractivity contribution in [3.8, 4) is 5.75 Å². The molecule has 0 aliphatic heterocycles. The third-order valence-electron chi connectivity index (χ3n) is 3.95. The van der Waals surface area contributed by atoms with Gasteiger partial charge in [0.15, 0.2) is 13.2 Å². The Hall–Kier alpha value is -3.42. The van der Waals surface area contributed by atoms with Gasteiger partial charge in [0.05, 0.1) is 4.92 Å². The van der Waals surface area contributed by atoms with Crippen molar-refractivity contribution < 1.29 is 24.0 Å². The van der Waals surface area contributed by atoms with E-state index in [1.165, 1.54) is 24.3 Å². The van der Waals surface area contributed by atoms with Crippen LogP contribution in [-0.2, 0) is 16.1 Å². The van der Waals surface area contributed by atoms with E-state index < -0.39 is 17.5 Å². The summed E-state index contributed by atoms with van der Waals surface area (Å²) in [6, 6.07) is 7.05. The van der Waals surface area contributed by atoms with Crippen molar-refractivity contribution in [3.63, 3.8) is 0 Å². The number of benzene rings is 1. The van der Waals surface area contributed by atoms with E-state index in [1.54, 1.807) is 12.1 Å². The summed E-state index contributed by atoms with van der Waals surface area (Å²) in [4.78, 5) is 34.1. The molecule has 0 atom stereocenters. The molecule has 0 bridgehead atoms. The minimum absolute atomic E-state index is 0.0791. The van der Waals surface area contributed by atoms with E-state index in [1.807, 2.05) is 18.4 Å². The average Bonchev–Trinajstić information content (AvgIpc) is 2.93. The lowest BCUT2D eigenvalue weighted by Gasteiger charge is -2.08. The molecule has 0 amide bonds. The summed E-state index contributed by atoms with van der Waals surface area (Å²) >= 11 is 0. The average molecular weight is 372 g/mol. The van der Waals surface area contributed by atoms with Gasteiger partial charge in [0.2, 0.25) is 5.78 Å². The van der Waals surface area contributed by atoms with E-state index in [4.69, 9.17) is 9.47 Å². The number of nitrogens with zero attached hydrogens (tertiary/aromatic N) is 2. The first-order chi connectivity index (χ1) is 12.8. The Morgan fingerprint density at radius 1 is 1.22 bits per heavy atom. The summed E-state index contributed by atoms with van der Waals surface area (Å²) < 4.78 is 12.1. The number of Topliss-reactive ketones (excluding diaryl/α,β-unsaturated/α-hetero) is 1. The molecule has 0 aliphatic rings. The molecule has 0 aliphatic carbocycles. The van der Waals surface area contributed by atoms with Gasteiger partial charge in [-0.25, -0.2) is 4.79 Å². The Morgan fingerprint density at radius 2 is 1.89 bits per heavy atom. The van der Waals surface area contributed by atoms with Crippen LogP contribution in [-0.4, -0.2) is 34.5 Å². The predicted octanol–water partition coefficient (Wildman–Crippen LogP) is 3.00. The van der Waals surface area contributed by atoms with Crippen LogP contribution in [0.4, 0.5) is 5.69 Å². The standard InChI is InChI=1S/C19H20N2O6/c1-4-9-20-13(2)10-17(14(20)3)18(22)11-27-19(23)12-26-16-7-5-15(6-8-16)21(24)25/h4-8,10H,1,9,11-12H2,2-3H3. The zero-order chi connectivity index (χ0) is 20.0. The van der Waals surface area contributed by atoms with Gasteiger partial charge in [-0.05, 0) is 32.0 Å². The lowest BCUT2D eigenvalue weighted by atomic mass is 10.1. The molecular weight excluding hydrogens is 352 g/mol. The molecular formula is C19H20N2O6. The molecule has 142 valence electrons. The third kappa shape index (κ3) is 5.04. The number of hydrogen-bond acceptors (Lipinski definition) is 6. The molecule has 8 nitrogen and oxygen atoms in total. The quantitative estimate of drug-likeness (QED) is 0.220. The Morgan fingerprint density at radius 3 is 2.48 bits per heavy atom. The van der Waals surface area contributed by atoms with Crippen molar-refractivity contribution in [2.75, 3.05) is 13.2 Å². The maximum absolute atomic E-state index is 12.3. The van der Waals surface area contributed by atoms with Crippen molar-refractivity contribution in [1.82, 2.24) is 4.57 Å². The molecule has 0 saturated carbocycles. The zero-order valence-corrected chi connectivity index (χ0v) is 15.1. The second-order valence-corrected chi connectivity index (χ2v) is 5.81. The Labute approximate surface area is 156 Å². The van der Waals surface area contributed by atoms with Gasteiger partial charge in [-0.3, -0.25) is 14.9 Å². The fourth-order valence-corrected chi connectivity index (χ4v) is 2.57. The van der Waals surface area contributed by atoms with Crippen LogP contribution in [0.15, 0.2) is 43.0 Å². The lowest BCUT2D eigenvalue weighted by molar-refractivity contribution is -0.384. The molecule has 0 radical (unpaired) electrons. The molecule has 2 rings (SSSR count). The van der Waals surface area contributed by atoms with Crippen LogP contribution >= 0.6 is 0 Å². The highest BCUT2D eigenvalue weighted by Gasteiger charge is 2.17. The number of carbonyl (C=O) groups excluding carboxylic acids is 2. The molecule has 0 saturated heterocycles. The van der Waals surface area contributed by atoms with Crippen molar-refractivity contribution in [1.29, 1.82) is 0 Å². The smallest absolute Gasteiger partial charge is 0.344 e. The van der Waals surface area contributed by atoms with E-state index in [9.17, 15) is 19.7 Å². The highest BCUT2D eigenvalue weighted by Crippen LogP contribution is 2.18. The topological polar surface area (TPSA) is 101 Å². The second-order valence-electron chi connectivity index (χ2n) is 5.81. The van der Waals surface area contributed by atoms with Crippen molar-refractivity contribution >= 4 is 17.4 Å². The Bertz CT molecular complexity index is 867. The summed E-state index contributed by atoms with van der Waals surface area (Å²) in [6.45, 7) is 7.20. The van der Waals surface area contributed by atoms with E-state index >= 15 is 0 Å². The van der Waals surface area contributed by atoms with Crippen LogP contribution in [0.1, 0.15) is 21.7 Å². The first-order valence-corrected chi connectivity index (χ1v) is 8.17. The maximum Gasteiger partial charge on any atom is 0.344 e. The number of aromatic nitrogens is 1. The van der Waals surface area contributed by atoms with Gasteiger partial charge in [0.1, 0.15) is 5.75 Å². The molecule has 1 aromatic heterocycles. The number of ketones is 1. The summed E-state index contributed by atoms with van der Waals surface area (Å²) in [7, 11) is 0. The molecule has 0 fully saturated rings. The first kappa shape index (κ1) is 19.9. The molecule has 8 heteroatoms. The van der Waals surface area contributed by atoms with Crippen LogP contribution < -0.4 is 4.74 Å². The van der Waals surface area contributed by atoms with E-state index in [-0.39, 0.29) is 23.8 Å². The van der Waals surface area contributed by atoms with Gasteiger partial charge in [-0.1, -0.05) is 6.08 Å². The second kappa shape index (κ2) is 8.79. The number of carbonyl (C=O) groups is 2. The fraction of sp³-hybridized carbons (Fsp3) is 0.263. The molecule has 0 spiro atoms. The van der Waals surface area contributed by atoms with Crippen molar-refractivity contribution in [2.24, 2.45) is 0 Å². The highest BCUT2D eigenvalue weighted by molar-refractivity contribution is 5.99. The van der Waals surface area contributed by atoms with Gasteiger partial charge in [0, 0.05) is 35.6 Å². The van der Waals surface area contributed by atoms with E-state index in [2.05, 4.69) is 6.58 Å². The van der Waals surface area contributed by atoms with E-state index in [0.717, 1.165) is 11.4 Å². The third-order valence-corrected chi connectivity index (χ3v) is 3.95. The summed E-state index contributed by atoms with van der Waals surface area (Å²) in [5.74, 6) is -0.722. The van der Waals surface area contributed by atoms with Gasteiger partial charge in [0.25, 0.3) is 5.69 Å². The number of aryl methyl sites for hydroxylation is 1. The number of hydrogen-bond donors (Lipinski definition) is 0. The Kier molecular flexibility index (Phi) is 6.48. The molecule has 1 heterocycles. The summed E-state index contributed by atoms with van der Waals surface area (Å²) in [5, 5.41) is 10.6. The van der Waals surface area contributed by atoms with Crippen LogP contribution in [0.25, 0.3) is 0 Å². The number of allylic oxidation sites excluding steroid dienone is 1. The number of non-ortho nitro benzene ring substituents is 1. The van der Waals surface area contributed by atoms with Gasteiger partial charge >= 0.3 is 5.97 Å². The number of rotatable bonds is 9. The number of ether oxygens (including phenoxy) is 2. The number of nitro benzene ring substituents is 1. The van der Waals surface area contributed by atoms with Gasteiger partial charge in [-0.2, -0.15) is 0 Å². The normalized spacial score (nSPS) is 10.3. The largest absolute Gasteiger partial charge is 0.482 e. The van der Waals surface area contributed by atoms with Crippen molar-refractivity contribution in [3.05, 3.63) is 70.1 Å². The minimum atomic E-state index is -0.707. The molecule has 2 aromatic rings. The van der Waals surface area contributed by atoms with Crippen LogP contribution in [0.3, 0.4) is 0 Å². The van der Waals surface area contributed by atoms with Crippen LogP contribution in [0.5, 0.6) is 5.75 Å². The number of nitro groups is 1. The number of esters is 1. The highest BCUT2D eigenvalue weighted by atomic mass is 16.6. The molecule has 0 unspecified atom stereocenters. The van der Waals surface area contributed by atoms with E-state index in [0.29, 0.717) is 12.1 Å². The van der Waals surface area contributed by atoms with Crippen LogP contribution in [0.2, 0.25) is 0 Å². The predicted molar refractivity (Wildman–Crippen MR) is 98.0 cm³/mol. The fourth-order valence-electron chi connectivity index (χ4n) is 2.57. The molecule has 0 N–H and O–H groups in total. The first-order valence-electron chi connectivity index (χ1n) is 8.17. The van der Waals surface area contributed by atoms with Gasteiger partial charge < -0.3 is 14.0 Å². The lowest BCUT2D eigenvalue weighted by Crippen LogP contribution is -2.19. The molecule has 27 heavy (non-hydrogen) atoms. The minimum Gasteiger partial charge on any atom is -0.482 e. The zero-order valence-electron chi connectivity index (χ0n) is 15.1. The van der Waals surface area contributed by atoms with Crippen molar-refractivity contribution in [2.45, 2.75) is 20.4 Å². The van der Waals surface area contributed by atoms with Crippen LogP contribution in [0, 0.1) is 24.0 Å². The van der Waals surface area contributed by atoms with Gasteiger partial charge in [-0.15, -0.1) is 6.58 Å². The molecule has 1 aromatic carbocycles. The summed E-state index contributed by atoms with van der Waals surface area (Å²) in [5.41, 5.74) is 2.13.